The average Bonchev–Trinajstić information content (AvgIpc) is 2.54. The SMILES string of the molecule is COc1ccc(C(=O)Nc2ccc(C(N)=O)cc2)cc1C(C)C. The van der Waals surface area contributed by atoms with Crippen molar-refractivity contribution in [1.29, 1.82) is 0 Å². The van der Waals surface area contributed by atoms with E-state index in [0.29, 0.717) is 16.8 Å². The summed E-state index contributed by atoms with van der Waals surface area (Å²) in [6.07, 6.45) is 0. The Kier molecular flexibility index (Phi) is 5.01. The third-order valence-corrected chi connectivity index (χ3v) is 3.54. The smallest absolute Gasteiger partial charge is 0.255 e. The summed E-state index contributed by atoms with van der Waals surface area (Å²) in [7, 11) is 1.61. The lowest BCUT2D eigenvalue weighted by Gasteiger charge is -2.13. The Morgan fingerprint density at radius 1 is 1.04 bits per heavy atom. The van der Waals surface area contributed by atoms with Crippen LogP contribution in [-0.2, 0) is 0 Å². The summed E-state index contributed by atoms with van der Waals surface area (Å²) in [5, 5.41) is 2.80. The van der Waals surface area contributed by atoms with Gasteiger partial charge in [0.05, 0.1) is 7.11 Å². The lowest BCUT2D eigenvalue weighted by atomic mass is 9.99. The second-order valence-corrected chi connectivity index (χ2v) is 5.51. The number of nitrogens with two attached hydrogens (primary N) is 1. The van der Waals surface area contributed by atoms with E-state index in [1.165, 1.54) is 0 Å². The number of hydrogen-bond acceptors (Lipinski definition) is 3. The molecular formula is C18H20N2O3. The first-order valence-electron chi connectivity index (χ1n) is 7.31. The molecule has 0 bridgehead atoms. The minimum Gasteiger partial charge on any atom is -0.496 e. The van der Waals surface area contributed by atoms with E-state index in [4.69, 9.17) is 10.5 Å². The zero-order valence-corrected chi connectivity index (χ0v) is 13.4. The van der Waals surface area contributed by atoms with E-state index in [1.807, 2.05) is 19.9 Å². The molecule has 2 amide bonds. The molecule has 2 aromatic carbocycles. The summed E-state index contributed by atoms with van der Waals surface area (Å²) >= 11 is 0. The third-order valence-electron chi connectivity index (χ3n) is 3.54. The van der Waals surface area contributed by atoms with E-state index in [0.717, 1.165) is 11.3 Å². The first-order chi connectivity index (χ1) is 10.9. The number of ether oxygens (including phenoxy) is 1. The molecule has 0 atom stereocenters. The van der Waals surface area contributed by atoms with E-state index in [9.17, 15) is 9.59 Å². The predicted molar refractivity (Wildman–Crippen MR) is 90.0 cm³/mol. The fraction of sp³-hybridized carbons (Fsp3) is 0.222. The second-order valence-electron chi connectivity index (χ2n) is 5.51. The molecule has 0 fully saturated rings. The molecular weight excluding hydrogens is 292 g/mol. The Bertz CT molecular complexity index is 722. The van der Waals surface area contributed by atoms with E-state index >= 15 is 0 Å². The van der Waals surface area contributed by atoms with Gasteiger partial charge in [0.25, 0.3) is 5.91 Å². The van der Waals surface area contributed by atoms with Crippen molar-refractivity contribution in [2.45, 2.75) is 19.8 Å². The molecule has 0 aliphatic carbocycles. The van der Waals surface area contributed by atoms with Gasteiger partial charge in [0.1, 0.15) is 5.75 Å². The van der Waals surface area contributed by atoms with Gasteiger partial charge in [-0.2, -0.15) is 0 Å². The fourth-order valence-electron chi connectivity index (χ4n) is 2.25. The van der Waals surface area contributed by atoms with Gasteiger partial charge in [0, 0.05) is 16.8 Å². The average molecular weight is 312 g/mol. The maximum absolute atomic E-state index is 12.4. The van der Waals surface area contributed by atoms with Crippen LogP contribution in [0.3, 0.4) is 0 Å². The monoisotopic (exact) mass is 312 g/mol. The molecule has 3 N–H and O–H groups in total. The number of benzene rings is 2. The zero-order chi connectivity index (χ0) is 17.0. The minimum atomic E-state index is -0.500. The van der Waals surface area contributed by atoms with E-state index in [2.05, 4.69) is 5.32 Å². The number of nitrogens with one attached hydrogen (secondary N) is 1. The molecule has 5 heteroatoms. The van der Waals surface area contributed by atoms with Crippen molar-refractivity contribution < 1.29 is 14.3 Å². The van der Waals surface area contributed by atoms with Gasteiger partial charge in [-0.1, -0.05) is 13.8 Å². The Balaban J connectivity index is 2.20. The van der Waals surface area contributed by atoms with Crippen LogP contribution in [0.4, 0.5) is 5.69 Å². The Morgan fingerprint density at radius 3 is 2.17 bits per heavy atom. The number of carbonyl (C=O) groups is 2. The van der Waals surface area contributed by atoms with Crippen molar-refractivity contribution in [3.05, 3.63) is 59.2 Å². The molecule has 120 valence electrons. The Morgan fingerprint density at radius 2 is 1.65 bits per heavy atom. The zero-order valence-electron chi connectivity index (χ0n) is 13.4. The van der Waals surface area contributed by atoms with E-state index < -0.39 is 5.91 Å². The predicted octanol–water partition coefficient (Wildman–Crippen LogP) is 3.17. The van der Waals surface area contributed by atoms with Crippen LogP contribution in [0.2, 0.25) is 0 Å². The van der Waals surface area contributed by atoms with Gasteiger partial charge < -0.3 is 15.8 Å². The van der Waals surface area contributed by atoms with E-state index in [-0.39, 0.29) is 11.8 Å². The maximum atomic E-state index is 12.4. The molecule has 0 radical (unpaired) electrons. The Hall–Kier alpha value is -2.82. The molecule has 2 rings (SSSR count). The van der Waals surface area contributed by atoms with Crippen LogP contribution in [0.25, 0.3) is 0 Å². The molecule has 23 heavy (non-hydrogen) atoms. The number of primary amides is 1. The van der Waals surface area contributed by atoms with Crippen LogP contribution in [0.1, 0.15) is 46.0 Å². The van der Waals surface area contributed by atoms with Gasteiger partial charge in [0.2, 0.25) is 5.91 Å². The molecule has 0 spiro atoms. The third kappa shape index (κ3) is 3.88. The molecule has 5 nitrogen and oxygen atoms in total. The normalized spacial score (nSPS) is 10.4. The summed E-state index contributed by atoms with van der Waals surface area (Å²) in [5.74, 6) is 0.288. The highest BCUT2D eigenvalue weighted by Crippen LogP contribution is 2.27. The van der Waals surface area contributed by atoms with Crippen LogP contribution in [-0.4, -0.2) is 18.9 Å². The van der Waals surface area contributed by atoms with Crippen molar-refractivity contribution in [3.8, 4) is 5.75 Å². The van der Waals surface area contributed by atoms with Crippen LogP contribution < -0.4 is 15.8 Å². The van der Waals surface area contributed by atoms with Crippen molar-refractivity contribution >= 4 is 17.5 Å². The van der Waals surface area contributed by atoms with Crippen LogP contribution in [0, 0.1) is 0 Å². The summed E-state index contributed by atoms with van der Waals surface area (Å²) in [6.45, 7) is 4.09. The molecule has 0 aliphatic heterocycles. The molecule has 0 saturated heterocycles. The Labute approximate surface area is 135 Å². The van der Waals surface area contributed by atoms with Gasteiger partial charge in [0.15, 0.2) is 0 Å². The first-order valence-corrected chi connectivity index (χ1v) is 7.31. The van der Waals surface area contributed by atoms with Crippen LogP contribution in [0.15, 0.2) is 42.5 Å². The largest absolute Gasteiger partial charge is 0.496 e. The summed E-state index contributed by atoms with van der Waals surface area (Å²) < 4.78 is 5.32. The van der Waals surface area contributed by atoms with Crippen LogP contribution in [0.5, 0.6) is 5.75 Å². The van der Waals surface area contributed by atoms with Crippen molar-refractivity contribution in [2.75, 3.05) is 12.4 Å². The molecule has 0 aliphatic rings. The number of amides is 2. The van der Waals surface area contributed by atoms with Gasteiger partial charge in [-0.25, -0.2) is 0 Å². The highest BCUT2D eigenvalue weighted by Gasteiger charge is 2.13. The number of hydrogen-bond donors (Lipinski definition) is 2. The summed E-state index contributed by atoms with van der Waals surface area (Å²) in [5.41, 5.74) is 7.71. The van der Waals surface area contributed by atoms with Gasteiger partial charge in [-0.3, -0.25) is 9.59 Å². The van der Waals surface area contributed by atoms with Gasteiger partial charge >= 0.3 is 0 Å². The maximum Gasteiger partial charge on any atom is 0.255 e. The summed E-state index contributed by atoms with van der Waals surface area (Å²) in [6, 6.07) is 11.8. The lowest BCUT2D eigenvalue weighted by molar-refractivity contribution is 0.0998. The highest BCUT2D eigenvalue weighted by atomic mass is 16.5. The van der Waals surface area contributed by atoms with E-state index in [1.54, 1.807) is 43.5 Å². The summed E-state index contributed by atoms with van der Waals surface area (Å²) in [4.78, 5) is 23.4. The number of carbonyl (C=O) groups excluding carboxylic acids is 2. The first kappa shape index (κ1) is 16.5. The quantitative estimate of drug-likeness (QED) is 0.889. The number of anilines is 1. The molecule has 0 aromatic heterocycles. The molecule has 2 aromatic rings. The second kappa shape index (κ2) is 6.96. The standard InChI is InChI=1S/C18H20N2O3/c1-11(2)15-10-13(6-9-16(15)23-3)18(22)20-14-7-4-12(5-8-14)17(19)21/h4-11H,1-3H3,(H2,19,21)(H,20,22). The minimum absolute atomic E-state index is 0.221. The van der Waals surface area contributed by atoms with Crippen molar-refractivity contribution in [3.63, 3.8) is 0 Å². The van der Waals surface area contributed by atoms with Crippen molar-refractivity contribution in [2.24, 2.45) is 5.73 Å². The topological polar surface area (TPSA) is 81.4 Å². The molecule has 0 saturated carbocycles. The lowest BCUT2D eigenvalue weighted by Crippen LogP contribution is -2.14. The highest BCUT2D eigenvalue weighted by molar-refractivity contribution is 6.04. The van der Waals surface area contributed by atoms with Gasteiger partial charge in [-0.15, -0.1) is 0 Å². The number of rotatable bonds is 5. The molecule has 0 unspecified atom stereocenters. The van der Waals surface area contributed by atoms with Crippen LogP contribution >= 0.6 is 0 Å². The van der Waals surface area contributed by atoms with Gasteiger partial charge in [-0.05, 0) is 53.9 Å². The van der Waals surface area contributed by atoms with Crippen molar-refractivity contribution in [1.82, 2.24) is 0 Å². The fourth-order valence-corrected chi connectivity index (χ4v) is 2.25. The number of methoxy groups -OCH3 is 1. The molecule has 0 heterocycles.